The maximum absolute atomic E-state index is 4.85. The number of H-pyrrole nitrogens is 1. The van der Waals surface area contributed by atoms with Crippen molar-refractivity contribution in [3.05, 3.63) is 47.3 Å². The molecule has 0 spiro atoms. The van der Waals surface area contributed by atoms with E-state index >= 15 is 0 Å². The minimum Gasteiger partial charge on any atom is -0.353 e. The van der Waals surface area contributed by atoms with Crippen LogP contribution in [0.2, 0.25) is 0 Å². The molecule has 4 rings (SSSR count). The van der Waals surface area contributed by atoms with E-state index < -0.39 is 0 Å². The smallest absolute Gasteiger partial charge is 0.0687 e. The largest absolute Gasteiger partial charge is 0.353 e. The Morgan fingerprint density at radius 1 is 1.20 bits per heavy atom. The Kier molecular flexibility index (Phi) is 2.18. The third-order valence-corrected chi connectivity index (χ3v) is 4.28. The predicted molar refractivity (Wildman–Crippen MR) is 84.9 cm³/mol. The van der Waals surface area contributed by atoms with Crippen LogP contribution in [0.15, 0.2) is 30.3 Å². The zero-order chi connectivity index (χ0) is 13.9. The Labute approximate surface area is 118 Å². The van der Waals surface area contributed by atoms with Gasteiger partial charge in [0.2, 0.25) is 0 Å². The second-order valence-electron chi connectivity index (χ2n) is 6.48. The highest BCUT2D eigenvalue weighted by molar-refractivity contribution is 6.12. The standard InChI is InChI=1S/C18H18N2/c1-11-17-16(12-6-4-5-7-14(12)20-17)13-8-9-18(2,3)10-15(13)19-11/h4-9,20H,10H2,1-3H3. The first-order valence-corrected chi connectivity index (χ1v) is 7.14. The van der Waals surface area contributed by atoms with Crippen molar-refractivity contribution in [1.82, 2.24) is 9.97 Å². The van der Waals surface area contributed by atoms with Crippen LogP contribution in [-0.2, 0) is 6.42 Å². The van der Waals surface area contributed by atoms with Gasteiger partial charge in [-0.3, -0.25) is 4.98 Å². The molecule has 0 unspecified atom stereocenters. The number of allylic oxidation sites excluding steroid dienone is 1. The maximum Gasteiger partial charge on any atom is 0.0687 e. The first-order valence-electron chi connectivity index (χ1n) is 7.14. The minimum absolute atomic E-state index is 0.201. The topological polar surface area (TPSA) is 28.7 Å². The van der Waals surface area contributed by atoms with Gasteiger partial charge in [-0.2, -0.15) is 0 Å². The van der Waals surface area contributed by atoms with Crippen LogP contribution < -0.4 is 0 Å². The second-order valence-corrected chi connectivity index (χ2v) is 6.48. The average molecular weight is 262 g/mol. The molecule has 0 atom stereocenters. The Morgan fingerprint density at radius 2 is 2.00 bits per heavy atom. The summed E-state index contributed by atoms with van der Waals surface area (Å²) in [5.41, 5.74) is 6.19. The van der Waals surface area contributed by atoms with Crippen LogP contribution in [0.1, 0.15) is 30.8 Å². The van der Waals surface area contributed by atoms with E-state index in [9.17, 15) is 0 Å². The van der Waals surface area contributed by atoms with E-state index in [4.69, 9.17) is 4.98 Å². The second kappa shape index (κ2) is 3.72. The number of aromatic amines is 1. The van der Waals surface area contributed by atoms with Gasteiger partial charge in [-0.25, -0.2) is 0 Å². The molecule has 0 amide bonds. The third-order valence-electron chi connectivity index (χ3n) is 4.28. The zero-order valence-electron chi connectivity index (χ0n) is 12.1. The molecule has 0 saturated heterocycles. The molecule has 3 aromatic rings. The summed E-state index contributed by atoms with van der Waals surface area (Å²) in [6.07, 6.45) is 5.58. The van der Waals surface area contributed by atoms with Gasteiger partial charge in [0.25, 0.3) is 0 Å². The van der Waals surface area contributed by atoms with Crippen molar-refractivity contribution >= 4 is 27.9 Å². The number of hydrogen-bond donors (Lipinski definition) is 1. The molecule has 1 aliphatic rings. The van der Waals surface area contributed by atoms with E-state index in [1.54, 1.807) is 0 Å². The van der Waals surface area contributed by atoms with Gasteiger partial charge in [-0.1, -0.05) is 44.2 Å². The lowest BCUT2D eigenvalue weighted by molar-refractivity contribution is 0.468. The Morgan fingerprint density at radius 3 is 2.85 bits per heavy atom. The number of hydrogen-bond acceptors (Lipinski definition) is 1. The summed E-state index contributed by atoms with van der Waals surface area (Å²) in [4.78, 5) is 8.37. The van der Waals surface area contributed by atoms with Crippen LogP contribution in [0.4, 0.5) is 0 Å². The van der Waals surface area contributed by atoms with E-state index in [1.807, 2.05) is 0 Å². The van der Waals surface area contributed by atoms with Gasteiger partial charge in [-0.05, 0) is 24.8 Å². The summed E-state index contributed by atoms with van der Waals surface area (Å²) in [6, 6.07) is 8.51. The van der Waals surface area contributed by atoms with Gasteiger partial charge in [0.15, 0.2) is 0 Å². The molecule has 20 heavy (non-hydrogen) atoms. The molecule has 0 fully saturated rings. The van der Waals surface area contributed by atoms with Gasteiger partial charge < -0.3 is 4.98 Å². The van der Waals surface area contributed by atoms with E-state index in [-0.39, 0.29) is 5.41 Å². The number of nitrogens with one attached hydrogen (secondary N) is 1. The van der Waals surface area contributed by atoms with E-state index in [2.05, 4.69) is 62.2 Å². The fourth-order valence-corrected chi connectivity index (χ4v) is 3.27. The highest BCUT2D eigenvalue weighted by Gasteiger charge is 2.24. The molecule has 0 aliphatic heterocycles. The van der Waals surface area contributed by atoms with E-state index in [0.29, 0.717) is 0 Å². The summed E-state index contributed by atoms with van der Waals surface area (Å²) in [5, 5.41) is 2.63. The van der Waals surface area contributed by atoms with E-state index in [1.165, 1.54) is 33.1 Å². The van der Waals surface area contributed by atoms with Crippen LogP contribution in [0.25, 0.3) is 27.9 Å². The molecule has 0 saturated carbocycles. The van der Waals surface area contributed by atoms with Gasteiger partial charge >= 0.3 is 0 Å². The molecule has 1 aliphatic carbocycles. The van der Waals surface area contributed by atoms with Crippen molar-refractivity contribution in [3.8, 4) is 0 Å². The van der Waals surface area contributed by atoms with Crippen molar-refractivity contribution in [2.75, 3.05) is 0 Å². The number of fused-ring (bicyclic) bond motifs is 5. The summed E-state index contributed by atoms with van der Waals surface area (Å²) in [6.45, 7) is 6.63. The number of nitrogens with zero attached hydrogens (tertiary/aromatic N) is 1. The number of pyridine rings is 1. The van der Waals surface area contributed by atoms with Crippen LogP contribution in [0, 0.1) is 12.3 Å². The fourth-order valence-electron chi connectivity index (χ4n) is 3.27. The molecule has 0 radical (unpaired) electrons. The molecule has 2 aromatic heterocycles. The van der Waals surface area contributed by atoms with Gasteiger partial charge in [0, 0.05) is 27.5 Å². The summed E-state index contributed by atoms with van der Waals surface area (Å²) in [7, 11) is 0. The molecule has 2 heteroatoms. The van der Waals surface area contributed by atoms with E-state index in [0.717, 1.165) is 12.1 Å². The highest BCUT2D eigenvalue weighted by atomic mass is 14.8. The average Bonchev–Trinajstić information content (AvgIpc) is 2.78. The zero-order valence-corrected chi connectivity index (χ0v) is 12.1. The summed E-state index contributed by atoms with van der Waals surface area (Å²) in [5.74, 6) is 0. The lowest BCUT2D eigenvalue weighted by Gasteiger charge is -2.25. The third kappa shape index (κ3) is 1.54. The lowest BCUT2D eigenvalue weighted by atomic mass is 9.81. The number of para-hydroxylation sites is 1. The van der Waals surface area contributed by atoms with Crippen molar-refractivity contribution in [2.24, 2.45) is 5.41 Å². The van der Waals surface area contributed by atoms with Gasteiger partial charge in [0.05, 0.1) is 11.2 Å². The molecule has 100 valence electrons. The normalized spacial score (nSPS) is 16.8. The van der Waals surface area contributed by atoms with Crippen LogP contribution in [-0.4, -0.2) is 9.97 Å². The summed E-state index contributed by atoms with van der Waals surface area (Å²) >= 11 is 0. The molecule has 1 aromatic carbocycles. The van der Waals surface area contributed by atoms with Crippen molar-refractivity contribution in [1.29, 1.82) is 0 Å². The first-order chi connectivity index (χ1) is 9.55. The predicted octanol–water partition coefficient (Wildman–Crippen LogP) is 4.62. The molecule has 1 N–H and O–H groups in total. The SMILES string of the molecule is Cc1nc2c(c3c1[nH]c1ccccc13)C=CC(C)(C)C2. The van der Waals surface area contributed by atoms with Crippen molar-refractivity contribution in [3.63, 3.8) is 0 Å². The molecule has 2 heterocycles. The quantitative estimate of drug-likeness (QED) is 0.629. The van der Waals surface area contributed by atoms with Crippen LogP contribution in [0.3, 0.4) is 0 Å². The molecule has 2 nitrogen and oxygen atoms in total. The Bertz CT molecular complexity index is 866. The maximum atomic E-state index is 4.85. The Hall–Kier alpha value is -2.09. The molecular weight excluding hydrogens is 244 g/mol. The Balaban J connectivity index is 2.17. The van der Waals surface area contributed by atoms with Crippen molar-refractivity contribution in [2.45, 2.75) is 27.2 Å². The number of aromatic nitrogens is 2. The highest BCUT2D eigenvalue weighted by Crippen LogP contribution is 2.38. The number of rotatable bonds is 0. The molecular formula is C18H18N2. The number of benzene rings is 1. The van der Waals surface area contributed by atoms with Gasteiger partial charge in [-0.15, -0.1) is 0 Å². The van der Waals surface area contributed by atoms with Gasteiger partial charge in [0.1, 0.15) is 0 Å². The monoisotopic (exact) mass is 262 g/mol. The first kappa shape index (κ1) is 11.7. The minimum atomic E-state index is 0.201. The number of aryl methyl sites for hydroxylation is 1. The van der Waals surface area contributed by atoms with Crippen LogP contribution >= 0.6 is 0 Å². The summed E-state index contributed by atoms with van der Waals surface area (Å²) < 4.78 is 0. The van der Waals surface area contributed by atoms with Crippen molar-refractivity contribution < 1.29 is 0 Å². The lowest BCUT2D eigenvalue weighted by Crippen LogP contribution is -2.17. The fraction of sp³-hybridized carbons (Fsp3) is 0.278. The van der Waals surface area contributed by atoms with Crippen LogP contribution in [0.5, 0.6) is 0 Å². The molecule has 0 bridgehead atoms.